The van der Waals surface area contributed by atoms with Gasteiger partial charge in [-0.25, -0.2) is 0 Å². The van der Waals surface area contributed by atoms with Crippen molar-refractivity contribution in [2.45, 2.75) is 31.3 Å². The molecule has 3 aliphatic rings. The third-order valence-corrected chi connectivity index (χ3v) is 5.14. The van der Waals surface area contributed by atoms with Crippen molar-refractivity contribution in [1.29, 1.82) is 0 Å². The molecule has 2 nitrogen and oxygen atoms in total. The molecule has 1 aromatic rings. The first-order chi connectivity index (χ1) is 10.9. The lowest BCUT2D eigenvalue weighted by molar-refractivity contribution is 0.0673. The summed E-state index contributed by atoms with van der Waals surface area (Å²) in [6, 6.07) is 8.68. The zero-order valence-electron chi connectivity index (χ0n) is 12.9. The molecule has 1 N–H and O–H groups in total. The fraction of sp³-hybridized carbons (Fsp3) is 0.400. The summed E-state index contributed by atoms with van der Waals surface area (Å²) in [5.74, 6) is 0.505. The highest BCUT2D eigenvalue weighted by atomic mass is 16.5. The van der Waals surface area contributed by atoms with Crippen molar-refractivity contribution in [1.82, 2.24) is 5.32 Å². The Balaban J connectivity index is 1.82. The summed E-state index contributed by atoms with van der Waals surface area (Å²) in [5, 5.41) is 6.09. The lowest BCUT2D eigenvalue weighted by Gasteiger charge is -2.41. The van der Waals surface area contributed by atoms with Crippen molar-refractivity contribution in [3.05, 3.63) is 59.0 Å². The second-order valence-electron chi connectivity index (χ2n) is 6.51. The largest absolute Gasteiger partial charge is 0.490 e. The van der Waals surface area contributed by atoms with Crippen LogP contribution in [0, 0.1) is 5.92 Å². The molecule has 1 saturated heterocycles. The van der Waals surface area contributed by atoms with Crippen molar-refractivity contribution in [3.63, 3.8) is 0 Å². The summed E-state index contributed by atoms with van der Waals surface area (Å²) in [5.41, 5.74) is 1.40. The number of piperidine rings is 1. The Morgan fingerprint density at radius 3 is 2.68 bits per heavy atom. The molecule has 2 heterocycles. The summed E-state index contributed by atoms with van der Waals surface area (Å²) in [4.78, 5) is 0. The summed E-state index contributed by atoms with van der Waals surface area (Å²) in [7, 11) is 0. The van der Waals surface area contributed by atoms with E-state index in [1.807, 2.05) is 6.26 Å². The first kappa shape index (κ1) is 13.8. The predicted octanol–water partition coefficient (Wildman–Crippen LogP) is 2.25. The van der Waals surface area contributed by atoms with Crippen LogP contribution in [0.25, 0.3) is 11.8 Å². The SMILES string of the molecule is C1=CC(CC2=c3ccccc3=COC23CCNCC3)C=CC1. The van der Waals surface area contributed by atoms with Crippen LogP contribution in [0.4, 0.5) is 0 Å². The van der Waals surface area contributed by atoms with Gasteiger partial charge in [0.05, 0.1) is 6.26 Å². The lowest BCUT2D eigenvalue weighted by Crippen LogP contribution is -2.50. The van der Waals surface area contributed by atoms with Gasteiger partial charge in [-0.15, -0.1) is 0 Å². The van der Waals surface area contributed by atoms with Crippen molar-refractivity contribution in [2.75, 3.05) is 13.1 Å². The molecule has 0 bridgehead atoms. The van der Waals surface area contributed by atoms with E-state index in [-0.39, 0.29) is 5.60 Å². The maximum atomic E-state index is 6.34. The number of fused-ring (bicyclic) bond motifs is 1. The third-order valence-electron chi connectivity index (χ3n) is 5.14. The van der Waals surface area contributed by atoms with Crippen molar-refractivity contribution < 1.29 is 4.74 Å². The first-order valence-electron chi connectivity index (χ1n) is 8.38. The highest BCUT2D eigenvalue weighted by Crippen LogP contribution is 2.37. The Hall–Kier alpha value is -1.80. The van der Waals surface area contributed by atoms with Crippen LogP contribution in [0.1, 0.15) is 25.7 Å². The summed E-state index contributed by atoms with van der Waals surface area (Å²) >= 11 is 0. The van der Waals surface area contributed by atoms with Crippen LogP contribution < -0.4 is 15.8 Å². The fourth-order valence-corrected chi connectivity index (χ4v) is 3.93. The quantitative estimate of drug-likeness (QED) is 0.845. The second kappa shape index (κ2) is 5.77. The summed E-state index contributed by atoms with van der Waals surface area (Å²) < 4.78 is 6.34. The Labute approximate surface area is 131 Å². The molecule has 1 aromatic carbocycles. The standard InChI is InChI=1S/C20H23NO/c1-2-6-16(7-3-1)14-19-18-9-5-4-8-17(18)15-22-20(19)10-12-21-13-11-20/h2-9,15-16,21H,1,10-14H2. The maximum absolute atomic E-state index is 6.34. The molecule has 1 aliphatic carbocycles. The van der Waals surface area contributed by atoms with Gasteiger partial charge < -0.3 is 10.1 Å². The number of rotatable bonds is 2. The Kier molecular flexibility index (Phi) is 3.63. The predicted molar refractivity (Wildman–Crippen MR) is 90.5 cm³/mol. The molecule has 0 unspecified atom stereocenters. The maximum Gasteiger partial charge on any atom is 0.132 e. The molecule has 22 heavy (non-hydrogen) atoms. The van der Waals surface area contributed by atoms with E-state index in [9.17, 15) is 0 Å². The molecular formula is C20H23NO. The zero-order valence-corrected chi connectivity index (χ0v) is 12.9. The number of hydrogen-bond donors (Lipinski definition) is 1. The summed E-state index contributed by atoms with van der Waals surface area (Å²) in [6.45, 7) is 2.08. The van der Waals surface area contributed by atoms with Gasteiger partial charge in [-0.1, -0.05) is 48.6 Å². The van der Waals surface area contributed by atoms with E-state index < -0.39 is 0 Å². The van der Waals surface area contributed by atoms with Crippen molar-refractivity contribution in [2.24, 2.45) is 5.92 Å². The molecule has 0 aromatic heterocycles. The number of ether oxygens (including phenoxy) is 1. The number of benzene rings is 1. The minimum absolute atomic E-state index is 0.0985. The van der Waals surface area contributed by atoms with Crippen LogP contribution in [-0.2, 0) is 4.74 Å². The molecule has 0 atom stereocenters. The van der Waals surface area contributed by atoms with Crippen molar-refractivity contribution >= 4 is 11.8 Å². The fourth-order valence-electron chi connectivity index (χ4n) is 3.93. The van der Waals surface area contributed by atoms with Crippen LogP contribution in [0.5, 0.6) is 0 Å². The normalized spacial score (nSPS) is 23.0. The van der Waals surface area contributed by atoms with Gasteiger partial charge >= 0.3 is 0 Å². The molecule has 2 heteroatoms. The van der Waals surface area contributed by atoms with Crippen LogP contribution >= 0.6 is 0 Å². The van der Waals surface area contributed by atoms with Crippen LogP contribution in [0.15, 0.2) is 48.6 Å². The van der Waals surface area contributed by atoms with Crippen molar-refractivity contribution in [3.8, 4) is 0 Å². The highest BCUT2D eigenvalue weighted by Gasteiger charge is 2.39. The molecule has 4 rings (SSSR count). The van der Waals surface area contributed by atoms with Gasteiger partial charge in [0.25, 0.3) is 0 Å². The van der Waals surface area contributed by atoms with Gasteiger partial charge in [-0.05, 0) is 42.6 Å². The average molecular weight is 293 g/mol. The van der Waals surface area contributed by atoms with Gasteiger partial charge in [0.15, 0.2) is 0 Å². The monoisotopic (exact) mass is 293 g/mol. The smallest absolute Gasteiger partial charge is 0.132 e. The van der Waals surface area contributed by atoms with E-state index in [0.717, 1.165) is 38.8 Å². The van der Waals surface area contributed by atoms with Gasteiger partial charge in [0.1, 0.15) is 5.60 Å². The average Bonchev–Trinajstić information content (AvgIpc) is 2.60. The first-order valence-corrected chi connectivity index (χ1v) is 8.38. The minimum atomic E-state index is -0.0985. The van der Waals surface area contributed by atoms with E-state index >= 15 is 0 Å². The lowest BCUT2D eigenvalue weighted by atomic mass is 9.77. The molecule has 1 fully saturated rings. The zero-order chi connectivity index (χ0) is 14.8. The second-order valence-corrected chi connectivity index (χ2v) is 6.51. The Morgan fingerprint density at radius 2 is 1.86 bits per heavy atom. The van der Waals surface area contributed by atoms with Gasteiger partial charge in [-0.2, -0.15) is 0 Å². The topological polar surface area (TPSA) is 21.3 Å². The van der Waals surface area contributed by atoms with E-state index in [4.69, 9.17) is 4.74 Å². The molecule has 1 spiro atoms. The molecule has 2 aliphatic heterocycles. The molecular weight excluding hydrogens is 270 g/mol. The molecule has 114 valence electrons. The van der Waals surface area contributed by atoms with E-state index in [1.165, 1.54) is 16.0 Å². The molecule has 0 saturated carbocycles. The van der Waals surface area contributed by atoms with Gasteiger partial charge in [-0.3, -0.25) is 0 Å². The van der Waals surface area contributed by atoms with Crippen LogP contribution in [0.2, 0.25) is 0 Å². The van der Waals surface area contributed by atoms with Crippen LogP contribution in [-0.4, -0.2) is 18.7 Å². The van der Waals surface area contributed by atoms with E-state index in [0.29, 0.717) is 5.92 Å². The Morgan fingerprint density at radius 1 is 1.09 bits per heavy atom. The number of allylic oxidation sites excluding steroid dienone is 4. The molecule has 0 amide bonds. The van der Waals surface area contributed by atoms with Gasteiger partial charge in [0, 0.05) is 18.1 Å². The number of hydrogen-bond acceptors (Lipinski definition) is 2. The molecule has 0 radical (unpaired) electrons. The highest BCUT2D eigenvalue weighted by molar-refractivity contribution is 5.59. The minimum Gasteiger partial charge on any atom is -0.490 e. The number of nitrogens with one attached hydrogen (secondary N) is 1. The van der Waals surface area contributed by atoms with E-state index in [1.54, 1.807) is 0 Å². The van der Waals surface area contributed by atoms with Gasteiger partial charge in [0.2, 0.25) is 0 Å². The van der Waals surface area contributed by atoms with E-state index in [2.05, 4.69) is 53.9 Å². The third kappa shape index (κ3) is 2.42. The summed E-state index contributed by atoms with van der Waals surface area (Å²) in [6.07, 6.45) is 15.5. The Bertz CT molecular complexity index is 710. The van der Waals surface area contributed by atoms with Crippen LogP contribution in [0.3, 0.4) is 0 Å².